The van der Waals surface area contributed by atoms with Crippen molar-refractivity contribution in [3.63, 3.8) is 0 Å². The molecule has 28 heavy (non-hydrogen) atoms. The van der Waals surface area contributed by atoms with Gasteiger partial charge in [-0.2, -0.15) is 26.7 Å². The molecular weight excluding hydrogens is 401 g/mol. The summed E-state index contributed by atoms with van der Waals surface area (Å²) in [5.74, 6) is -0.367. The number of rotatable bonds is 3. The number of guanidine groups is 1. The summed E-state index contributed by atoms with van der Waals surface area (Å²) < 4.78 is 66.6. The van der Waals surface area contributed by atoms with Gasteiger partial charge in [-0.15, -0.1) is 5.10 Å². The van der Waals surface area contributed by atoms with E-state index in [-0.39, 0.29) is 16.4 Å². The summed E-state index contributed by atoms with van der Waals surface area (Å²) in [5, 5.41) is 14.9. The summed E-state index contributed by atoms with van der Waals surface area (Å²) in [7, 11) is -4.02. The average Bonchev–Trinajstić information content (AvgIpc) is 2.61. The topological polar surface area (TPSA) is 137 Å². The highest BCUT2D eigenvalue weighted by molar-refractivity contribution is 7.85. The molecule has 12 heteroatoms. The van der Waals surface area contributed by atoms with Gasteiger partial charge in [0.1, 0.15) is 0 Å². The van der Waals surface area contributed by atoms with Crippen LogP contribution in [0.3, 0.4) is 0 Å². The second-order valence-corrected chi connectivity index (χ2v) is 6.67. The molecule has 0 aliphatic heterocycles. The van der Waals surface area contributed by atoms with E-state index in [1.54, 1.807) is 12.1 Å². The summed E-state index contributed by atoms with van der Waals surface area (Å²) in [6.07, 6.45) is -3.32. The zero-order valence-corrected chi connectivity index (χ0v) is 15.2. The molecule has 0 radical (unpaired) electrons. The molecule has 0 atom stereocenters. The normalized spacial score (nSPS) is 12.4. The third-order valence-electron chi connectivity index (χ3n) is 3.02. The third-order valence-corrected chi connectivity index (χ3v) is 3.89. The van der Waals surface area contributed by atoms with Crippen molar-refractivity contribution >= 4 is 22.3 Å². The number of hydrogen-bond donors (Lipinski definition) is 4. The van der Waals surface area contributed by atoms with Crippen molar-refractivity contribution in [1.82, 2.24) is 5.48 Å². The van der Waals surface area contributed by atoms with E-state index in [1.165, 1.54) is 29.7 Å². The van der Waals surface area contributed by atoms with Gasteiger partial charge in [-0.3, -0.25) is 9.76 Å². The maximum atomic E-state index is 12.3. The first-order valence-corrected chi connectivity index (χ1v) is 8.85. The number of benzene rings is 2. The minimum atomic E-state index is -4.40. The number of nitrogens with two attached hydrogens (primary N) is 1. The van der Waals surface area contributed by atoms with Gasteiger partial charge in [0.05, 0.1) is 16.7 Å². The van der Waals surface area contributed by atoms with Crippen LogP contribution in [0, 0.1) is 6.92 Å². The largest absolute Gasteiger partial charge is 0.416 e. The van der Waals surface area contributed by atoms with Crippen LogP contribution >= 0.6 is 0 Å². The Labute approximate surface area is 158 Å². The molecule has 0 aliphatic rings. The first-order valence-electron chi connectivity index (χ1n) is 7.41. The molecule has 152 valence electrons. The number of alkyl halides is 3. The highest BCUT2D eigenvalue weighted by Gasteiger charge is 2.30. The van der Waals surface area contributed by atoms with E-state index in [4.69, 9.17) is 15.5 Å². The van der Waals surface area contributed by atoms with Crippen LogP contribution < -0.4 is 11.2 Å². The van der Waals surface area contributed by atoms with Crippen LogP contribution in [0.5, 0.6) is 0 Å². The fraction of sp³-hybridized carbons (Fsp3) is 0.125. The lowest BCUT2D eigenvalue weighted by molar-refractivity contribution is -0.137. The zero-order chi connectivity index (χ0) is 21.4. The highest BCUT2D eigenvalue weighted by Crippen LogP contribution is 2.29. The smallest absolute Gasteiger partial charge is 0.367 e. The molecule has 0 aromatic heterocycles. The van der Waals surface area contributed by atoms with E-state index in [1.807, 2.05) is 6.92 Å². The summed E-state index contributed by atoms with van der Waals surface area (Å²) in [4.78, 5) is -0.0666. The number of halogens is 3. The quantitative estimate of drug-likeness (QED) is 0.262. The molecule has 0 amide bonds. The van der Waals surface area contributed by atoms with Crippen molar-refractivity contribution in [2.45, 2.75) is 18.0 Å². The molecule has 2 rings (SSSR count). The van der Waals surface area contributed by atoms with E-state index in [0.29, 0.717) is 0 Å². The number of nitrogens with one attached hydrogen (secondary N) is 1. The summed E-state index contributed by atoms with van der Waals surface area (Å²) in [6, 6.07) is 10.5. The predicted molar refractivity (Wildman–Crippen MR) is 96.6 cm³/mol. The molecule has 0 fully saturated rings. The first-order chi connectivity index (χ1) is 12.9. The molecule has 0 spiro atoms. The molecular formula is C16H17F3N4O4S. The molecule has 2 aromatic carbocycles. The van der Waals surface area contributed by atoms with Crippen molar-refractivity contribution in [1.29, 1.82) is 0 Å². The zero-order valence-electron chi connectivity index (χ0n) is 14.4. The van der Waals surface area contributed by atoms with E-state index in [2.05, 4.69) is 10.2 Å². The van der Waals surface area contributed by atoms with E-state index < -0.39 is 21.9 Å². The van der Waals surface area contributed by atoms with E-state index in [0.717, 1.165) is 23.9 Å². The van der Waals surface area contributed by atoms with Gasteiger partial charge < -0.3 is 5.73 Å². The van der Waals surface area contributed by atoms with Gasteiger partial charge in [0.25, 0.3) is 10.1 Å². The van der Waals surface area contributed by atoms with Crippen LogP contribution in [0.2, 0.25) is 0 Å². The molecule has 0 heterocycles. The van der Waals surface area contributed by atoms with Crippen molar-refractivity contribution in [2.75, 3.05) is 0 Å². The Morgan fingerprint density at radius 3 is 2.29 bits per heavy atom. The van der Waals surface area contributed by atoms with Gasteiger partial charge in [-0.1, -0.05) is 29.8 Å². The van der Waals surface area contributed by atoms with Crippen LogP contribution in [-0.2, 0) is 16.3 Å². The Morgan fingerprint density at radius 2 is 1.79 bits per heavy atom. The maximum Gasteiger partial charge on any atom is 0.416 e. The third kappa shape index (κ3) is 8.16. The Kier molecular flexibility index (Phi) is 8.10. The number of aryl methyl sites for hydroxylation is 1. The van der Waals surface area contributed by atoms with Crippen LogP contribution in [0.15, 0.2) is 63.6 Å². The van der Waals surface area contributed by atoms with Gasteiger partial charge in [-0.25, -0.2) is 5.48 Å². The minimum absolute atomic E-state index is 0.0666. The van der Waals surface area contributed by atoms with Gasteiger partial charge in [0.15, 0.2) is 0 Å². The maximum absolute atomic E-state index is 12.3. The molecule has 0 saturated heterocycles. The molecule has 5 N–H and O–H groups in total. The summed E-state index contributed by atoms with van der Waals surface area (Å²) in [6.45, 7) is 1.84. The predicted octanol–water partition coefficient (Wildman–Crippen LogP) is 2.57. The first kappa shape index (κ1) is 23.1. The lowest BCUT2D eigenvalue weighted by atomic mass is 10.1. The van der Waals surface area contributed by atoms with E-state index >= 15 is 0 Å². The van der Waals surface area contributed by atoms with Crippen LogP contribution in [0.1, 0.15) is 16.7 Å². The Hall–Kier alpha value is -2.96. The number of hydroxylamine groups is 1. The van der Waals surface area contributed by atoms with Gasteiger partial charge in [-0.05, 0) is 36.8 Å². The molecule has 0 aliphatic carbocycles. The van der Waals surface area contributed by atoms with Crippen molar-refractivity contribution in [2.24, 2.45) is 15.9 Å². The van der Waals surface area contributed by atoms with Crippen molar-refractivity contribution < 1.29 is 31.3 Å². The van der Waals surface area contributed by atoms with Gasteiger partial charge in [0, 0.05) is 0 Å². The van der Waals surface area contributed by atoms with E-state index in [9.17, 15) is 21.6 Å². The Morgan fingerprint density at radius 1 is 1.18 bits per heavy atom. The molecule has 8 nitrogen and oxygen atoms in total. The lowest BCUT2D eigenvalue weighted by Crippen LogP contribution is -2.27. The Bertz CT molecular complexity index is 943. The fourth-order valence-electron chi connectivity index (χ4n) is 1.69. The molecule has 0 bridgehead atoms. The number of hydrogen-bond acceptors (Lipinski definition) is 5. The van der Waals surface area contributed by atoms with Crippen molar-refractivity contribution in [3.8, 4) is 0 Å². The second kappa shape index (κ2) is 9.82. The second-order valence-electron chi connectivity index (χ2n) is 5.25. The average molecular weight is 418 g/mol. The van der Waals surface area contributed by atoms with Crippen LogP contribution in [-0.4, -0.2) is 30.4 Å². The standard InChI is InChI=1S/C9H9F3N4O.C7H8O3S/c10-9(11,12)7-3-1-2-6(4-7)5-14-15-8(13)16-17;1-6-2-4-7(5-3-6)11(8,9)10/h1-5,17H,(H3,13,15,16);2-5H,1H3,(H,8,9,10)/b14-5+;. The van der Waals surface area contributed by atoms with Crippen LogP contribution in [0.25, 0.3) is 0 Å². The highest BCUT2D eigenvalue weighted by atomic mass is 32.2. The van der Waals surface area contributed by atoms with Crippen LogP contribution in [0.4, 0.5) is 13.2 Å². The minimum Gasteiger partial charge on any atom is -0.367 e. The SMILES string of the molecule is Cc1ccc(S(=O)(=O)O)cc1.N/C(=N\N=C\c1cccc(C(F)(F)F)c1)NO. The molecule has 0 unspecified atom stereocenters. The summed E-state index contributed by atoms with van der Waals surface area (Å²) >= 11 is 0. The van der Waals surface area contributed by atoms with Crippen molar-refractivity contribution in [3.05, 3.63) is 65.2 Å². The molecule has 0 saturated carbocycles. The summed E-state index contributed by atoms with van der Waals surface area (Å²) in [5.41, 5.74) is 6.95. The molecule has 2 aromatic rings. The van der Waals surface area contributed by atoms with Gasteiger partial charge in [0.2, 0.25) is 5.96 Å². The fourth-order valence-corrected chi connectivity index (χ4v) is 2.17. The monoisotopic (exact) mass is 418 g/mol. The number of nitrogens with zero attached hydrogens (tertiary/aromatic N) is 2. The Balaban J connectivity index is 0.000000307. The lowest BCUT2D eigenvalue weighted by Gasteiger charge is -2.06. The van der Waals surface area contributed by atoms with Gasteiger partial charge >= 0.3 is 6.18 Å².